The standard InChI is InChI=1S/C40H53FN2O8/c1-5-19-43(39(46)47-3)36-25-34(42-48-4)31-23-27(13-9-11-20-44)30(15-10-12-21-45)37-32-24-29(49-26-28-14-7-8-16-33(28)41)17-18-35(32)51-40(36,38(31)37)50-22-6-2/h6-8,14,16-18,23-24,27,30,36-38,44-45H,2,5,9-13,15,19-22,25-26H2,1,3-4H3/t27-,30+,36-,37+,38+,40+/m0/s1. The summed E-state index contributed by atoms with van der Waals surface area (Å²) >= 11 is 0. The Labute approximate surface area is 300 Å². The quantitative estimate of drug-likeness (QED) is 0.0953. The molecule has 6 atom stereocenters. The lowest BCUT2D eigenvalue weighted by Crippen LogP contribution is -2.70. The van der Waals surface area contributed by atoms with E-state index in [1.165, 1.54) is 20.3 Å². The molecule has 0 bridgehead atoms. The molecule has 278 valence electrons. The first-order valence-electron chi connectivity index (χ1n) is 18.2. The van der Waals surface area contributed by atoms with Crippen LogP contribution in [0.5, 0.6) is 11.5 Å². The summed E-state index contributed by atoms with van der Waals surface area (Å²) in [4.78, 5) is 20.7. The summed E-state index contributed by atoms with van der Waals surface area (Å²) in [7, 11) is 2.89. The average molecular weight is 709 g/mol. The van der Waals surface area contributed by atoms with Gasteiger partial charge in [-0.3, -0.25) is 4.90 Å². The lowest BCUT2D eigenvalue weighted by molar-refractivity contribution is -0.255. The van der Waals surface area contributed by atoms with E-state index in [1.54, 1.807) is 29.2 Å². The molecular weight excluding hydrogens is 655 g/mol. The molecule has 10 nitrogen and oxygen atoms in total. The van der Waals surface area contributed by atoms with Crippen molar-refractivity contribution in [1.82, 2.24) is 4.90 Å². The maximum Gasteiger partial charge on any atom is 0.409 e. The summed E-state index contributed by atoms with van der Waals surface area (Å²) in [6.07, 6.45) is 9.08. The molecule has 1 heterocycles. The minimum absolute atomic E-state index is 0.0550. The van der Waals surface area contributed by atoms with E-state index >= 15 is 0 Å². The summed E-state index contributed by atoms with van der Waals surface area (Å²) in [5.74, 6) is -0.962. The number of ether oxygens (including phenoxy) is 4. The number of hydrogen-bond acceptors (Lipinski definition) is 9. The normalized spacial score (nSPS) is 25.6. The maximum atomic E-state index is 14.6. The molecule has 2 aliphatic carbocycles. The number of hydrogen-bond donors (Lipinski definition) is 2. The van der Waals surface area contributed by atoms with Gasteiger partial charge in [0.15, 0.2) is 0 Å². The number of halogens is 1. The Balaban J connectivity index is 1.73. The Kier molecular flexibility index (Phi) is 13.5. The molecule has 0 aromatic heterocycles. The number of methoxy groups -OCH3 is 1. The van der Waals surface area contributed by atoms with E-state index in [2.05, 4.69) is 17.8 Å². The number of oxime groups is 1. The van der Waals surface area contributed by atoms with Gasteiger partial charge in [-0.25, -0.2) is 9.18 Å². The highest BCUT2D eigenvalue weighted by atomic mass is 19.1. The topological polar surface area (TPSA) is 119 Å². The first kappa shape index (κ1) is 38.3. The number of allylic oxidation sites excluding steroid dienone is 1. The molecule has 2 N–H and O–H groups in total. The molecule has 1 saturated carbocycles. The molecule has 0 saturated heterocycles. The van der Waals surface area contributed by atoms with Crippen LogP contribution in [-0.2, 0) is 20.9 Å². The predicted molar refractivity (Wildman–Crippen MR) is 192 cm³/mol. The first-order valence-corrected chi connectivity index (χ1v) is 18.2. The fraction of sp³-hybridized carbons (Fsp3) is 0.550. The van der Waals surface area contributed by atoms with Gasteiger partial charge in [0.2, 0.25) is 5.79 Å². The van der Waals surface area contributed by atoms with Crippen LogP contribution < -0.4 is 9.47 Å². The number of rotatable bonds is 18. The number of fused-ring (bicyclic) bond motifs is 2. The van der Waals surface area contributed by atoms with Gasteiger partial charge in [-0.1, -0.05) is 55.3 Å². The Bertz CT molecular complexity index is 1550. The van der Waals surface area contributed by atoms with E-state index in [0.29, 0.717) is 55.0 Å². The molecule has 5 rings (SSSR count). The van der Waals surface area contributed by atoms with Gasteiger partial charge in [0.1, 0.15) is 37.1 Å². The Morgan fingerprint density at radius 3 is 2.57 bits per heavy atom. The van der Waals surface area contributed by atoms with Gasteiger partial charge in [0, 0.05) is 43.2 Å². The van der Waals surface area contributed by atoms with E-state index in [9.17, 15) is 19.4 Å². The molecule has 0 spiro atoms. The minimum atomic E-state index is -1.35. The summed E-state index contributed by atoms with van der Waals surface area (Å²) in [5.41, 5.74) is 3.03. The zero-order chi connectivity index (χ0) is 36.4. The molecule has 1 amide bonds. The van der Waals surface area contributed by atoms with E-state index < -0.39 is 23.8 Å². The molecule has 2 aromatic rings. The summed E-state index contributed by atoms with van der Waals surface area (Å²) in [5, 5.41) is 24.1. The largest absolute Gasteiger partial charge is 0.489 e. The van der Waals surface area contributed by atoms with Crippen molar-refractivity contribution in [1.29, 1.82) is 0 Å². The van der Waals surface area contributed by atoms with Gasteiger partial charge in [-0.15, -0.1) is 6.58 Å². The molecule has 3 aliphatic rings. The van der Waals surface area contributed by atoms with Crippen molar-refractivity contribution in [3.8, 4) is 11.5 Å². The van der Waals surface area contributed by atoms with Crippen molar-refractivity contribution in [3.63, 3.8) is 0 Å². The van der Waals surface area contributed by atoms with Crippen LogP contribution in [-0.4, -0.2) is 79.3 Å². The number of carbonyl (C=O) groups excluding carboxylic acids is 1. The third-order valence-corrected chi connectivity index (χ3v) is 10.4. The second-order valence-electron chi connectivity index (χ2n) is 13.5. The van der Waals surface area contributed by atoms with Crippen LogP contribution in [0.15, 0.2) is 71.9 Å². The van der Waals surface area contributed by atoms with Crippen LogP contribution in [0, 0.1) is 23.6 Å². The number of aliphatic hydroxyl groups is 2. The highest BCUT2D eigenvalue weighted by Crippen LogP contribution is 2.62. The monoisotopic (exact) mass is 708 g/mol. The van der Waals surface area contributed by atoms with E-state index in [1.807, 2.05) is 25.1 Å². The van der Waals surface area contributed by atoms with Crippen molar-refractivity contribution >= 4 is 11.8 Å². The number of unbranched alkanes of at least 4 members (excludes halogenated alkanes) is 2. The number of amides is 1. The number of benzene rings is 2. The van der Waals surface area contributed by atoms with Gasteiger partial charge >= 0.3 is 6.09 Å². The van der Waals surface area contributed by atoms with Gasteiger partial charge < -0.3 is 34.0 Å². The molecule has 0 unspecified atom stereocenters. The molecule has 2 aromatic carbocycles. The second kappa shape index (κ2) is 18.0. The zero-order valence-corrected chi connectivity index (χ0v) is 30.1. The summed E-state index contributed by atoms with van der Waals surface area (Å²) in [6.45, 7) is 6.78. The fourth-order valence-electron chi connectivity index (χ4n) is 8.36. The molecule has 1 fully saturated rings. The first-order chi connectivity index (χ1) is 24.9. The highest BCUT2D eigenvalue weighted by Gasteiger charge is 2.65. The van der Waals surface area contributed by atoms with Crippen LogP contribution in [0.1, 0.15) is 75.3 Å². The van der Waals surface area contributed by atoms with Crippen LogP contribution in [0.4, 0.5) is 9.18 Å². The molecule has 11 heteroatoms. The van der Waals surface area contributed by atoms with E-state index in [-0.39, 0.29) is 50.0 Å². The molecule has 0 radical (unpaired) electrons. The second-order valence-corrected chi connectivity index (χ2v) is 13.5. The lowest BCUT2D eigenvalue weighted by Gasteiger charge is -2.59. The number of aliphatic hydroxyl groups excluding tert-OH is 2. The fourth-order valence-corrected chi connectivity index (χ4v) is 8.36. The van der Waals surface area contributed by atoms with Crippen LogP contribution in [0.3, 0.4) is 0 Å². The Morgan fingerprint density at radius 1 is 1.12 bits per heavy atom. The third-order valence-electron chi connectivity index (χ3n) is 10.4. The van der Waals surface area contributed by atoms with Gasteiger partial charge in [0.25, 0.3) is 0 Å². The minimum Gasteiger partial charge on any atom is -0.489 e. The Hall–Kier alpha value is -3.93. The maximum absolute atomic E-state index is 14.6. The average Bonchev–Trinajstić information content (AvgIpc) is 3.14. The summed E-state index contributed by atoms with van der Waals surface area (Å²) in [6, 6.07) is 11.6. The van der Waals surface area contributed by atoms with Gasteiger partial charge in [-0.05, 0) is 73.8 Å². The van der Waals surface area contributed by atoms with Crippen molar-refractivity contribution in [3.05, 3.63) is 83.7 Å². The molecule has 1 aliphatic heterocycles. The third kappa shape index (κ3) is 8.10. The van der Waals surface area contributed by atoms with Crippen molar-refractivity contribution in [2.24, 2.45) is 22.9 Å². The van der Waals surface area contributed by atoms with Crippen LogP contribution in [0.2, 0.25) is 0 Å². The van der Waals surface area contributed by atoms with Crippen molar-refractivity contribution in [2.75, 3.05) is 40.6 Å². The molecule has 51 heavy (non-hydrogen) atoms. The Morgan fingerprint density at radius 2 is 1.88 bits per heavy atom. The summed E-state index contributed by atoms with van der Waals surface area (Å²) < 4.78 is 40.1. The van der Waals surface area contributed by atoms with E-state index in [0.717, 1.165) is 36.8 Å². The van der Waals surface area contributed by atoms with Gasteiger partial charge in [0.05, 0.1) is 25.3 Å². The van der Waals surface area contributed by atoms with Gasteiger partial charge in [-0.2, -0.15) is 0 Å². The SMILES string of the molecule is C=CCO[C@@]12Oc3ccc(OCc4ccccc4F)cc3[C@H]3[C@H](CCCCO)[C@@H](CCCCO)C=C(C(=NOC)C[C@@H]1N(CCC)C(=O)OC)[C@H]32. The van der Waals surface area contributed by atoms with Crippen molar-refractivity contribution in [2.45, 2.75) is 82.6 Å². The zero-order valence-electron chi connectivity index (χ0n) is 30.1. The highest BCUT2D eigenvalue weighted by molar-refractivity contribution is 6.02. The van der Waals surface area contributed by atoms with Crippen LogP contribution >= 0.6 is 0 Å². The number of nitrogens with zero attached hydrogens (tertiary/aromatic N) is 2. The van der Waals surface area contributed by atoms with Crippen LogP contribution in [0.25, 0.3) is 0 Å². The lowest BCUT2D eigenvalue weighted by atomic mass is 9.55. The van der Waals surface area contributed by atoms with E-state index in [4.69, 9.17) is 23.8 Å². The molecular formula is C40H53FN2O8. The smallest absolute Gasteiger partial charge is 0.409 e. The van der Waals surface area contributed by atoms with Crippen molar-refractivity contribution < 1.29 is 43.2 Å². The predicted octanol–water partition coefficient (Wildman–Crippen LogP) is 7.15. The number of carbonyl (C=O) groups is 1.